The summed E-state index contributed by atoms with van der Waals surface area (Å²) < 4.78 is 12.9. The van der Waals surface area contributed by atoms with Crippen LogP contribution in [0.4, 0.5) is 4.39 Å². The highest BCUT2D eigenvalue weighted by molar-refractivity contribution is 5.15. The average Bonchev–Trinajstić information content (AvgIpc) is 2.39. The van der Waals surface area contributed by atoms with Gasteiger partial charge in [0, 0.05) is 6.54 Å². The lowest BCUT2D eigenvalue weighted by Gasteiger charge is -2.31. The van der Waals surface area contributed by atoms with E-state index >= 15 is 0 Å². The van der Waals surface area contributed by atoms with Crippen molar-refractivity contribution in [1.29, 1.82) is 0 Å². The maximum atomic E-state index is 12.9. The lowest BCUT2D eigenvalue weighted by molar-refractivity contribution is 0.199. The van der Waals surface area contributed by atoms with Crippen molar-refractivity contribution in [1.82, 2.24) is 4.90 Å². The van der Waals surface area contributed by atoms with Crippen LogP contribution in [0.3, 0.4) is 0 Å². The summed E-state index contributed by atoms with van der Waals surface area (Å²) in [7, 11) is 2.12. The van der Waals surface area contributed by atoms with E-state index in [0.29, 0.717) is 11.3 Å². The Hall–Kier alpha value is -0.930. The van der Waals surface area contributed by atoms with Crippen LogP contribution in [-0.2, 0) is 6.54 Å². The first-order valence-electron chi connectivity index (χ1n) is 7.96. The van der Waals surface area contributed by atoms with Crippen LogP contribution in [0.1, 0.15) is 45.6 Å². The largest absolute Gasteiger partial charge is 0.330 e. The van der Waals surface area contributed by atoms with E-state index in [4.69, 9.17) is 5.73 Å². The summed E-state index contributed by atoms with van der Waals surface area (Å²) in [6.07, 6.45) is 3.50. The minimum absolute atomic E-state index is 0.170. The molecule has 0 bridgehead atoms. The van der Waals surface area contributed by atoms with Gasteiger partial charge in [0.1, 0.15) is 5.82 Å². The van der Waals surface area contributed by atoms with Crippen molar-refractivity contribution >= 4 is 0 Å². The third-order valence-corrected chi connectivity index (χ3v) is 4.20. The van der Waals surface area contributed by atoms with E-state index in [9.17, 15) is 4.39 Å². The minimum atomic E-state index is -0.170. The molecule has 0 amide bonds. The minimum Gasteiger partial charge on any atom is -0.330 e. The average molecular weight is 294 g/mol. The van der Waals surface area contributed by atoms with E-state index in [1.807, 2.05) is 12.1 Å². The molecule has 1 unspecified atom stereocenters. The van der Waals surface area contributed by atoms with Gasteiger partial charge in [-0.2, -0.15) is 0 Å². The molecule has 21 heavy (non-hydrogen) atoms. The Balaban J connectivity index is 2.35. The number of nitrogens with zero attached hydrogens (tertiary/aromatic N) is 1. The van der Waals surface area contributed by atoms with Crippen LogP contribution in [0.2, 0.25) is 0 Å². The molecule has 120 valence electrons. The van der Waals surface area contributed by atoms with Crippen molar-refractivity contribution in [3.8, 4) is 0 Å². The molecule has 1 rings (SSSR count). The molecular weight excluding hydrogens is 263 g/mol. The molecule has 0 saturated heterocycles. The van der Waals surface area contributed by atoms with Gasteiger partial charge in [-0.3, -0.25) is 0 Å². The highest BCUT2D eigenvalue weighted by Gasteiger charge is 2.23. The standard InChI is InChI=1S/C18H31FN2/c1-18(2,3)16(11-12-20)6-5-13-21(4)14-15-7-9-17(19)10-8-15/h7-10,16H,5-6,11-14,20H2,1-4H3. The lowest BCUT2D eigenvalue weighted by Crippen LogP contribution is -2.25. The third kappa shape index (κ3) is 7.05. The molecule has 0 aromatic heterocycles. The maximum absolute atomic E-state index is 12.9. The monoisotopic (exact) mass is 294 g/mol. The number of nitrogens with two attached hydrogens (primary N) is 1. The molecule has 0 fully saturated rings. The van der Waals surface area contributed by atoms with Gasteiger partial charge < -0.3 is 10.6 Å². The van der Waals surface area contributed by atoms with Crippen LogP contribution in [0.25, 0.3) is 0 Å². The fraction of sp³-hybridized carbons (Fsp3) is 0.667. The van der Waals surface area contributed by atoms with E-state index < -0.39 is 0 Å². The summed E-state index contributed by atoms with van der Waals surface area (Å²) in [5.74, 6) is 0.512. The Morgan fingerprint density at radius 1 is 1.14 bits per heavy atom. The Kier molecular flexibility index (Phi) is 7.33. The smallest absolute Gasteiger partial charge is 0.123 e. The molecule has 2 nitrogen and oxygen atoms in total. The molecule has 0 aliphatic carbocycles. The van der Waals surface area contributed by atoms with Crippen molar-refractivity contribution < 1.29 is 4.39 Å². The van der Waals surface area contributed by atoms with Crippen molar-refractivity contribution in [2.45, 2.75) is 46.6 Å². The van der Waals surface area contributed by atoms with Gasteiger partial charge in [0.25, 0.3) is 0 Å². The number of benzene rings is 1. The van der Waals surface area contributed by atoms with E-state index in [2.05, 4.69) is 32.7 Å². The fourth-order valence-electron chi connectivity index (χ4n) is 2.80. The molecule has 1 atom stereocenters. The third-order valence-electron chi connectivity index (χ3n) is 4.20. The van der Waals surface area contributed by atoms with Crippen LogP contribution in [-0.4, -0.2) is 25.0 Å². The molecule has 0 aliphatic heterocycles. The molecule has 0 spiro atoms. The van der Waals surface area contributed by atoms with Gasteiger partial charge in [-0.25, -0.2) is 4.39 Å². The molecular formula is C18H31FN2. The number of hydrogen-bond donors (Lipinski definition) is 1. The van der Waals surface area contributed by atoms with Gasteiger partial charge in [0.15, 0.2) is 0 Å². The Morgan fingerprint density at radius 3 is 2.29 bits per heavy atom. The van der Waals surface area contributed by atoms with Crippen molar-refractivity contribution in [3.05, 3.63) is 35.6 Å². The number of halogens is 1. The second-order valence-corrected chi connectivity index (χ2v) is 7.15. The van der Waals surface area contributed by atoms with Crippen molar-refractivity contribution in [2.24, 2.45) is 17.1 Å². The predicted octanol–water partition coefficient (Wildman–Crippen LogP) is 4.05. The summed E-state index contributed by atoms with van der Waals surface area (Å²) in [6, 6.07) is 6.77. The Bertz CT molecular complexity index is 395. The molecule has 1 aromatic carbocycles. The second-order valence-electron chi connectivity index (χ2n) is 7.15. The number of rotatable bonds is 8. The second kappa shape index (κ2) is 8.50. The first-order valence-corrected chi connectivity index (χ1v) is 7.96. The van der Waals surface area contributed by atoms with Gasteiger partial charge in [0.05, 0.1) is 0 Å². The number of hydrogen-bond acceptors (Lipinski definition) is 2. The molecule has 1 aromatic rings. The van der Waals surface area contributed by atoms with Crippen LogP contribution >= 0.6 is 0 Å². The summed E-state index contributed by atoms with van der Waals surface area (Å²) in [6.45, 7) is 9.61. The highest BCUT2D eigenvalue weighted by atomic mass is 19.1. The van der Waals surface area contributed by atoms with Crippen LogP contribution in [0.15, 0.2) is 24.3 Å². The summed E-state index contributed by atoms with van der Waals surface area (Å²) in [4.78, 5) is 2.30. The van der Waals surface area contributed by atoms with Gasteiger partial charge >= 0.3 is 0 Å². The first-order chi connectivity index (χ1) is 9.82. The molecule has 0 saturated carbocycles. The van der Waals surface area contributed by atoms with Crippen molar-refractivity contribution in [2.75, 3.05) is 20.1 Å². The highest BCUT2D eigenvalue weighted by Crippen LogP contribution is 2.32. The molecule has 2 N–H and O–H groups in total. The van der Waals surface area contributed by atoms with E-state index in [-0.39, 0.29) is 5.82 Å². The van der Waals surface area contributed by atoms with E-state index in [1.165, 1.54) is 25.0 Å². The molecule has 0 heterocycles. The van der Waals surface area contributed by atoms with E-state index in [0.717, 1.165) is 31.6 Å². The summed E-state index contributed by atoms with van der Waals surface area (Å²) >= 11 is 0. The Morgan fingerprint density at radius 2 is 1.76 bits per heavy atom. The molecule has 0 radical (unpaired) electrons. The van der Waals surface area contributed by atoms with Crippen LogP contribution < -0.4 is 5.73 Å². The van der Waals surface area contributed by atoms with Gasteiger partial charge in [-0.15, -0.1) is 0 Å². The Labute approximate surface area is 129 Å². The quantitative estimate of drug-likeness (QED) is 0.784. The van der Waals surface area contributed by atoms with Crippen molar-refractivity contribution in [3.63, 3.8) is 0 Å². The molecule has 0 aliphatic rings. The van der Waals surface area contributed by atoms with Crippen LogP contribution in [0, 0.1) is 17.2 Å². The van der Waals surface area contributed by atoms with E-state index in [1.54, 1.807) is 0 Å². The van der Waals surface area contributed by atoms with Gasteiger partial charge in [-0.05, 0) is 68.4 Å². The van der Waals surface area contributed by atoms with Gasteiger partial charge in [0.2, 0.25) is 0 Å². The lowest BCUT2D eigenvalue weighted by atomic mass is 9.76. The zero-order chi connectivity index (χ0) is 15.9. The fourth-order valence-corrected chi connectivity index (χ4v) is 2.80. The topological polar surface area (TPSA) is 29.3 Å². The zero-order valence-electron chi connectivity index (χ0n) is 14.0. The summed E-state index contributed by atoms with van der Waals surface area (Å²) in [5.41, 5.74) is 7.22. The predicted molar refractivity (Wildman–Crippen MR) is 88.6 cm³/mol. The zero-order valence-corrected chi connectivity index (χ0v) is 14.0. The van der Waals surface area contributed by atoms with Gasteiger partial charge in [-0.1, -0.05) is 32.9 Å². The van der Waals surface area contributed by atoms with Crippen LogP contribution in [0.5, 0.6) is 0 Å². The molecule has 3 heteroatoms. The maximum Gasteiger partial charge on any atom is 0.123 e. The SMILES string of the molecule is CN(CCCC(CCN)C(C)(C)C)Cc1ccc(F)cc1. The normalized spacial score (nSPS) is 13.7. The summed E-state index contributed by atoms with van der Waals surface area (Å²) in [5, 5.41) is 0. The first kappa shape index (κ1) is 18.1.